The van der Waals surface area contributed by atoms with Gasteiger partial charge >= 0.3 is 5.97 Å². The van der Waals surface area contributed by atoms with E-state index in [4.69, 9.17) is 4.74 Å². The summed E-state index contributed by atoms with van der Waals surface area (Å²) < 4.78 is 4.81. The van der Waals surface area contributed by atoms with Crippen LogP contribution in [0.5, 0.6) is 0 Å². The molecule has 1 heterocycles. The van der Waals surface area contributed by atoms with Crippen LogP contribution in [0.1, 0.15) is 30.3 Å². The number of nitrogens with one attached hydrogen (secondary N) is 2. The molecule has 0 atom stereocenters. The van der Waals surface area contributed by atoms with Gasteiger partial charge in [0.15, 0.2) is 5.69 Å². The molecule has 1 aromatic carbocycles. The van der Waals surface area contributed by atoms with Crippen LogP contribution in [0.3, 0.4) is 0 Å². The highest BCUT2D eigenvalue weighted by molar-refractivity contribution is 6.04. The second-order valence-corrected chi connectivity index (χ2v) is 4.28. The lowest BCUT2D eigenvalue weighted by molar-refractivity contribution is -0.143. The Morgan fingerprint density at radius 2 is 2.15 bits per heavy atom. The highest BCUT2D eigenvalue weighted by Crippen LogP contribution is 2.14. The minimum absolute atomic E-state index is 0.244. The van der Waals surface area contributed by atoms with E-state index in [1.165, 1.54) is 0 Å². The number of H-pyrrole nitrogens is 1. The monoisotopic (exact) mass is 275 g/mol. The number of carbonyl (C=O) groups is 2. The third-order valence-electron chi connectivity index (χ3n) is 2.83. The van der Waals surface area contributed by atoms with Crippen LogP contribution in [0, 0.1) is 0 Å². The number of aromatic amines is 1. The number of para-hydroxylation sites is 1. The van der Waals surface area contributed by atoms with Gasteiger partial charge in [-0.05, 0) is 19.4 Å². The van der Waals surface area contributed by atoms with Crippen LogP contribution in [0.25, 0.3) is 10.9 Å². The first-order valence-corrected chi connectivity index (χ1v) is 6.59. The zero-order valence-electron chi connectivity index (χ0n) is 11.3. The summed E-state index contributed by atoms with van der Waals surface area (Å²) in [6, 6.07) is 7.43. The van der Waals surface area contributed by atoms with Crippen LogP contribution in [-0.4, -0.2) is 35.2 Å². The first kappa shape index (κ1) is 14.0. The maximum absolute atomic E-state index is 12.0. The molecule has 20 heavy (non-hydrogen) atoms. The smallest absolute Gasteiger partial charge is 0.305 e. The van der Waals surface area contributed by atoms with Crippen molar-refractivity contribution in [1.29, 1.82) is 0 Å². The van der Waals surface area contributed by atoms with Gasteiger partial charge in [-0.1, -0.05) is 18.2 Å². The molecule has 2 rings (SSSR count). The molecule has 1 amide bonds. The van der Waals surface area contributed by atoms with Crippen LogP contribution in [0.2, 0.25) is 0 Å². The van der Waals surface area contributed by atoms with Gasteiger partial charge in [0.1, 0.15) is 0 Å². The summed E-state index contributed by atoms with van der Waals surface area (Å²) in [4.78, 5) is 23.1. The lowest BCUT2D eigenvalue weighted by Crippen LogP contribution is -2.25. The Hall–Kier alpha value is -2.37. The van der Waals surface area contributed by atoms with E-state index in [-0.39, 0.29) is 11.9 Å². The number of amides is 1. The minimum atomic E-state index is -0.244. The Labute approximate surface area is 116 Å². The fraction of sp³-hybridized carbons (Fsp3) is 0.357. The molecular formula is C14H17N3O3. The molecular weight excluding hydrogens is 258 g/mol. The standard InChI is InChI=1S/C14H17N3O3/c1-2-20-12(18)8-5-9-15-14(19)13-10-6-3-4-7-11(10)16-17-13/h3-4,6-7H,2,5,8-9H2,1H3,(H,15,19)(H,16,17). The number of carbonyl (C=O) groups excluding carboxylic acids is 2. The average molecular weight is 275 g/mol. The van der Waals surface area contributed by atoms with Crippen molar-refractivity contribution in [2.24, 2.45) is 0 Å². The summed E-state index contributed by atoms with van der Waals surface area (Å²) in [5.41, 5.74) is 1.20. The summed E-state index contributed by atoms with van der Waals surface area (Å²) in [7, 11) is 0. The van der Waals surface area contributed by atoms with Crippen molar-refractivity contribution in [3.05, 3.63) is 30.0 Å². The lowest BCUT2D eigenvalue weighted by Gasteiger charge is -2.03. The Balaban J connectivity index is 1.85. The zero-order valence-corrected chi connectivity index (χ0v) is 11.3. The first-order valence-electron chi connectivity index (χ1n) is 6.59. The van der Waals surface area contributed by atoms with Crippen molar-refractivity contribution in [3.8, 4) is 0 Å². The quantitative estimate of drug-likeness (QED) is 0.620. The molecule has 1 aromatic heterocycles. The number of ether oxygens (including phenoxy) is 1. The van der Waals surface area contributed by atoms with Crippen molar-refractivity contribution in [1.82, 2.24) is 15.5 Å². The van der Waals surface area contributed by atoms with E-state index < -0.39 is 0 Å². The third-order valence-corrected chi connectivity index (χ3v) is 2.83. The van der Waals surface area contributed by atoms with Crippen molar-refractivity contribution in [2.75, 3.05) is 13.2 Å². The first-order chi connectivity index (χ1) is 9.72. The number of rotatable bonds is 6. The van der Waals surface area contributed by atoms with Crippen LogP contribution in [0.4, 0.5) is 0 Å². The molecule has 6 nitrogen and oxygen atoms in total. The maximum Gasteiger partial charge on any atom is 0.305 e. The van der Waals surface area contributed by atoms with Crippen molar-refractivity contribution in [3.63, 3.8) is 0 Å². The summed E-state index contributed by atoms with van der Waals surface area (Å²) in [6.45, 7) is 2.56. The van der Waals surface area contributed by atoms with Crippen molar-refractivity contribution >= 4 is 22.8 Å². The second-order valence-electron chi connectivity index (χ2n) is 4.28. The molecule has 0 bridgehead atoms. The van der Waals surface area contributed by atoms with Gasteiger partial charge in [0, 0.05) is 18.4 Å². The maximum atomic E-state index is 12.0. The van der Waals surface area contributed by atoms with Gasteiger partial charge in [0.25, 0.3) is 5.91 Å². The summed E-state index contributed by atoms with van der Waals surface area (Å²) in [6.07, 6.45) is 0.850. The minimum Gasteiger partial charge on any atom is -0.466 e. The Kier molecular flexibility index (Phi) is 4.70. The van der Waals surface area contributed by atoms with Gasteiger partial charge in [-0.3, -0.25) is 14.7 Å². The van der Waals surface area contributed by atoms with E-state index in [9.17, 15) is 9.59 Å². The molecule has 2 N–H and O–H groups in total. The van der Waals surface area contributed by atoms with Crippen molar-refractivity contribution in [2.45, 2.75) is 19.8 Å². The lowest BCUT2D eigenvalue weighted by atomic mass is 10.2. The van der Waals surface area contributed by atoms with E-state index in [2.05, 4.69) is 15.5 Å². The van der Waals surface area contributed by atoms with E-state index in [1.807, 2.05) is 24.3 Å². The van der Waals surface area contributed by atoms with E-state index >= 15 is 0 Å². The van der Waals surface area contributed by atoms with Crippen LogP contribution < -0.4 is 5.32 Å². The average Bonchev–Trinajstić information content (AvgIpc) is 2.87. The number of hydrogen-bond donors (Lipinski definition) is 2. The number of aromatic nitrogens is 2. The molecule has 0 radical (unpaired) electrons. The Bertz CT molecular complexity index is 606. The van der Waals surface area contributed by atoms with Gasteiger partial charge in [0.05, 0.1) is 12.1 Å². The number of nitrogens with zero attached hydrogens (tertiary/aromatic N) is 1. The second kappa shape index (κ2) is 6.70. The van der Waals surface area contributed by atoms with Crippen LogP contribution in [0.15, 0.2) is 24.3 Å². The summed E-state index contributed by atoms with van der Waals surface area (Å²) in [5.74, 6) is -0.488. The fourth-order valence-electron chi connectivity index (χ4n) is 1.89. The molecule has 0 saturated carbocycles. The van der Waals surface area contributed by atoms with Gasteiger partial charge < -0.3 is 10.1 Å². The predicted molar refractivity (Wildman–Crippen MR) is 74.3 cm³/mol. The molecule has 0 spiro atoms. The largest absolute Gasteiger partial charge is 0.466 e. The van der Waals surface area contributed by atoms with E-state index in [0.29, 0.717) is 31.7 Å². The number of hydrogen-bond acceptors (Lipinski definition) is 4. The van der Waals surface area contributed by atoms with Gasteiger partial charge in [-0.25, -0.2) is 0 Å². The molecule has 0 aliphatic heterocycles. The molecule has 0 unspecified atom stereocenters. The van der Waals surface area contributed by atoms with Gasteiger partial charge in [0.2, 0.25) is 0 Å². The SMILES string of the molecule is CCOC(=O)CCCNC(=O)c1n[nH]c2ccccc12. The number of esters is 1. The molecule has 0 aliphatic rings. The predicted octanol–water partition coefficient (Wildman–Crippen LogP) is 1.64. The van der Waals surface area contributed by atoms with E-state index in [0.717, 1.165) is 10.9 Å². The summed E-state index contributed by atoms with van der Waals surface area (Å²) >= 11 is 0. The molecule has 0 fully saturated rings. The third kappa shape index (κ3) is 3.34. The molecule has 0 saturated heterocycles. The number of fused-ring (bicyclic) bond motifs is 1. The Morgan fingerprint density at radius 1 is 1.35 bits per heavy atom. The summed E-state index contributed by atoms with van der Waals surface area (Å²) in [5, 5.41) is 10.4. The van der Waals surface area contributed by atoms with Crippen LogP contribution >= 0.6 is 0 Å². The van der Waals surface area contributed by atoms with Gasteiger partial charge in [-0.2, -0.15) is 5.10 Å². The normalized spacial score (nSPS) is 10.4. The highest BCUT2D eigenvalue weighted by atomic mass is 16.5. The van der Waals surface area contributed by atoms with Gasteiger partial charge in [-0.15, -0.1) is 0 Å². The topological polar surface area (TPSA) is 84.1 Å². The molecule has 6 heteroatoms. The molecule has 0 aliphatic carbocycles. The highest BCUT2D eigenvalue weighted by Gasteiger charge is 2.13. The number of benzene rings is 1. The van der Waals surface area contributed by atoms with Crippen molar-refractivity contribution < 1.29 is 14.3 Å². The molecule has 106 valence electrons. The molecule has 2 aromatic rings. The zero-order chi connectivity index (χ0) is 14.4. The van der Waals surface area contributed by atoms with E-state index in [1.54, 1.807) is 6.92 Å². The fourth-order valence-corrected chi connectivity index (χ4v) is 1.89. The van der Waals surface area contributed by atoms with Crippen LogP contribution in [-0.2, 0) is 9.53 Å². The Morgan fingerprint density at radius 3 is 2.95 bits per heavy atom.